The van der Waals surface area contributed by atoms with Crippen LogP contribution in [0.1, 0.15) is 43.0 Å². The van der Waals surface area contributed by atoms with Gasteiger partial charge in [0.2, 0.25) is 0 Å². The predicted octanol–water partition coefficient (Wildman–Crippen LogP) is 2.14. The van der Waals surface area contributed by atoms with Gasteiger partial charge in [0.15, 0.2) is 0 Å². The number of rotatable bonds is 5. The van der Waals surface area contributed by atoms with Crippen LogP contribution in [0.15, 0.2) is 18.3 Å². The molecule has 1 amide bonds. The summed E-state index contributed by atoms with van der Waals surface area (Å²) in [6, 6.07) is 4.75. The molecule has 1 atom stereocenters. The van der Waals surface area contributed by atoms with Crippen LogP contribution in [0, 0.1) is 5.92 Å². The summed E-state index contributed by atoms with van der Waals surface area (Å²) in [6.07, 6.45) is 6.34. The van der Waals surface area contributed by atoms with Crippen molar-refractivity contribution in [2.24, 2.45) is 5.92 Å². The summed E-state index contributed by atoms with van der Waals surface area (Å²) in [7, 11) is 4.31. The van der Waals surface area contributed by atoms with Crippen LogP contribution < -0.4 is 10.2 Å². The van der Waals surface area contributed by atoms with Gasteiger partial charge in [-0.25, -0.2) is 4.98 Å². The maximum Gasteiger partial charge on any atom is 0.251 e. The van der Waals surface area contributed by atoms with E-state index >= 15 is 0 Å². The van der Waals surface area contributed by atoms with E-state index < -0.39 is 0 Å². The first kappa shape index (κ1) is 16.2. The fraction of sp³-hybridized carbons (Fsp3) is 0.667. The van der Waals surface area contributed by atoms with Gasteiger partial charge >= 0.3 is 0 Å². The van der Waals surface area contributed by atoms with E-state index in [-0.39, 0.29) is 5.91 Å². The molecule has 0 radical (unpaired) electrons. The van der Waals surface area contributed by atoms with Crippen molar-refractivity contribution in [1.82, 2.24) is 15.2 Å². The molecule has 1 saturated heterocycles. The molecule has 1 aliphatic heterocycles. The van der Waals surface area contributed by atoms with Crippen LogP contribution >= 0.6 is 0 Å². The smallest absolute Gasteiger partial charge is 0.251 e. The highest BCUT2D eigenvalue weighted by Crippen LogP contribution is 2.26. The van der Waals surface area contributed by atoms with Gasteiger partial charge in [-0.05, 0) is 64.8 Å². The standard InChI is InChI=1S/C18H28N4O/c1-13(21(2)3)14-7-10-22(11-8-14)17-12-15(6-9-19-17)18(23)20-16-4-5-16/h6,9,12-14,16H,4-5,7-8,10-11H2,1-3H3,(H,20,23)/t13-/m1/s1. The normalized spacial score (nSPS) is 20.6. The van der Waals surface area contributed by atoms with Gasteiger partial charge in [-0.1, -0.05) is 0 Å². The molecule has 1 aromatic heterocycles. The van der Waals surface area contributed by atoms with Gasteiger partial charge in [-0.15, -0.1) is 0 Å². The number of pyridine rings is 1. The average Bonchev–Trinajstić information content (AvgIpc) is 3.38. The van der Waals surface area contributed by atoms with E-state index in [0.29, 0.717) is 12.1 Å². The van der Waals surface area contributed by atoms with Crippen LogP contribution in [-0.4, -0.2) is 55.1 Å². The molecule has 5 nitrogen and oxygen atoms in total. The topological polar surface area (TPSA) is 48.5 Å². The molecule has 2 aliphatic rings. The summed E-state index contributed by atoms with van der Waals surface area (Å²) >= 11 is 0. The van der Waals surface area contributed by atoms with E-state index in [9.17, 15) is 4.79 Å². The third-order valence-corrected chi connectivity index (χ3v) is 5.28. The molecule has 1 aliphatic carbocycles. The Morgan fingerprint density at radius 2 is 2.00 bits per heavy atom. The second kappa shape index (κ2) is 6.87. The first-order valence-electron chi connectivity index (χ1n) is 8.73. The highest BCUT2D eigenvalue weighted by molar-refractivity contribution is 5.95. The Kier molecular flexibility index (Phi) is 4.85. The van der Waals surface area contributed by atoms with E-state index in [0.717, 1.165) is 43.2 Å². The van der Waals surface area contributed by atoms with Crippen molar-refractivity contribution in [2.45, 2.75) is 44.7 Å². The van der Waals surface area contributed by atoms with Crippen LogP contribution in [0.25, 0.3) is 0 Å². The van der Waals surface area contributed by atoms with Gasteiger partial charge in [0, 0.05) is 36.9 Å². The van der Waals surface area contributed by atoms with Crippen LogP contribution in [0.2, 0.25) is 0 Å². The molecule has 0 aromatic carbocycles. The monoisotopic (exact) mass is 316 g/mol. The average molecular weight is 316 g/mol. The van der Waals surface area contributed by atoms with E-state index in [1.165, 1.54) is 12.8 Å². The lowest BCUT2D eigenvalue weighted by Gasteiger charge is -2.37. The first-order chi connectivity index (χ1) is 11.0. The zero-order valence-corrected chi connectivity index (χ0v) is 14.5. The quantitative estimate of drug-likeness (QED) is 0.904. The Bertz CT molecular complexity index is 548. The van der Waals surface area contributed by atoms with Gasteiger partial charge in [0.25, 0.3) is 5.91 Å². The van der Waals surface area contributed by atoms with Gasteiger partial charge in [0.05, 0.1) is 0 Å². The Balaban J connectivity index is 1.60. The van der Waals surface area contributed by atoms with Crippen molar-refractivity contribution in [3.05, 3.63) is 23.9 Å². The van der Waals surface area contributed by atoms with Gasteiger partial charge in [-0.3, -0.25) is 4.79 Å². The molecule has 1 saturated carbocycles. The Hall–Kier alpha value is -1.62. The Morgan fingerprint density at radius 1 is 1.30 bits per heavy atom. The van der Waals surface area contributed by atoms with Crippen molar-refractivity contribution in [3.63, 3.8) is 0 Å². The van der Waals surface area contributed by atoms with Gasteiger partial charge < -0.3 is 15.1 Å². The number of hydrogen-bond donors (Lipinski definition) is 1. The van der Waals surface area contributed by atoms with Crippen molar-refractivity contribution < 1.29 is 4.79 Å². The fourth-order valence-corrected chi connectivity index (χ4v) is 3.26. The molecular weight excluding hydrogens is 288 g/mol. The minimum Gasteiger partial charge on any atom is -0.357 e. The van der Waals surface area contributed by atoms with E-state index in [2.05, 4.69) is 41.1 Å². The summed E-state index contributed by atoms with van der Waals surface area (Å²) in [4.78, 5) is 21.3. The summed E-state index contributed by atoms with van der Waals surface area (Å²) in [5.74, 6) is 1.71. The molecule has 0 bridgehead atoms. The maximum absolute atomic E-state index is 12.2. The number of anilines is 1. The lowest BCUT2D eigenvalue weighted by Crippen LogP contribution is -2.41. The van der Waals surface area contributed by atoms with Gasteiger partial charge in [0.1, 0.15) is 5.82 Å². The number of piperidine rings is 1. The molecule has 1 aromatic rings. The van der Waals surface area contributed by atoms with Crippen LogP contribution in [0.3, 0.4) is 0 Å². The van der Waals surface area contributed by atoms with Crippen LogP contribution in [0.4, 0.5) is 5.82 Å². The number of hydrogen-bond acceptors (Lipinski definition) is 4. The van der Waals surface area contributed by atoms with Gasteiger partial charge in [-0.2, -0.15) is 0 Å². The second-order valence-corrected chi connectivity index (χ2v) is 7.18. The van der Waals surface area contributed by atoms with Crippen molar-refractivity contribution in [3.8, 4) is 0 Å². The zero-order chi connectivity index (χ0) is 16.4. The number of carbonyl (C=O) groups excluding carboxylic acids is 1. The number of nitrogens with one attached hydrogen (secondary N) is 1. The van der Waals surface area contributed by atoms with E-state index in [4.69, 9.17) is 0 Å². The van der Waals surface area contributed by atoms with Crippen molar-refractivity contribution in [1.29, 1.82) is 0 Å². The third-order valence-electron chi connectivity index (χ3n) is 5.28. The molecule has 5 heteroatoms. The molecule has 23 heavy (non-hydrogen) atoms. The zero-order valence-electron chi connectivity index (χ0n) is 14.5. The minimum absolute atomic E-state index is 0.0345. The molecular formula is C18H28N4O. The molecule has 3 rings (SSSR count). The van der Waals surface area contributed by atoms with Crippen LogP contribution in [-0.2, 0) is 0 Å². The van der Waals surface area contributed by atoms with Crippen LogP contribution in [0.5, 0.6) is 0 Å². The SMILES string of the molecule is C[C@H](C1CCN(c2cc(C(=O)NC3CC3)ccn2)CC1)N(C)C. The minimum atomic E-state index is 0.0345. The largest absolute Gasteiger partial charge is 0.357 e. The molecule has 0 spiro atoms. The van der Waals surface area contributed by atoms with Crippen molar-refractivity contribution >= 4 is 11.7 Å². The Morgan fingerprint density at radius 3 is 2.61 bits per heavy atom. The highest BCUT2D eigenvalue weighted by Gasteiger charge is 2.27. The first-order valence-corrected chi connectivity index (χ1v) is 8.73. The van der Waals surface area contributed by atoms with E-state index in [1.54, 1.807) is 6.20 Å². The van der Waals surface area contributed by atoms with Crippen molar-refractivity contribution in [2.75, 3.05) is 32.1 Å². The summed E-state index contributed by atoms with van der Waals surface area (Å²) in [5.41, 5.74) is 0.727. The summed E-state index contributed by atoms with van der Waals surface area (Å²) in [5, 5.41) is 3.04. The summed E-state index contributed by atoms with van der Waals surface area (Å²) in [6.45, 7) is 4.34. The number of aromatic nitrogens is 1. The Labute approximate surface area is 139 Å². The molecule has 2 fully saturated rings. The molecule has 1 N–H and O–H groups in total. The third kappa shape index (κ3) is 4.02. The lowest BCUT2D eigenvalue weighted by atomic mass is 9.90. The predicted molar refractivity (Wildman–Crippen MR) is 92.8 cm³/mol. The highest BCUT2D eigenvalue weighted by atomic mass is 16.1. The molecule has 2 heterocycles. The fourth-order valence-electron chi connectivity index (χ4n) is 3.26. The summed E-state index contributed by atoms with van der Waals surface area (Å²) < 4.78 is 0. The second-order valence-electron chi connectivity index (χ2n) is 7.18. The molecule has 0 unspecified atom stereocenters. The number of nitrogens with zero attached hydrogens (tertiary/aromatic N) is 3. The van der Waals surface area contributed by atoms with E-state index in [1.807, 2.05) is 12.1 Å². The maximum atomic E-state index is 12.2. The number of carbonyl (C=O) groups is 1. The number of amides is 1. The molecule has 126 valence electrons. The lowest BCUT2D eigenvalue weighted by molar-refractivity contribution is 0.0951.